The molecular formula is C15H23NO2. The van der Waals surface area contributed by atoms with Crippen LogP contribution < -0.4 is 5.32 Å². The number of hydrogen-bond acceptors (Lipinski definition) is 2. The van der Waals surface area contributed by atoms with Crippen molar-refractivity contribution in [1.29, 1.82) is 0 Å². The molecule has 0 radical (unpaired) electrons. The van der Waals surface area contributed by atoms with Gasteiger partial charge in [0.25, 0.3) is 0 Å². The van der Waals surface area contributed by atoms with Crippen LogP contribution in [0.5, 0.6) is 0 Å². The second-order valence-corrected chi connectivity index (χ2v) is 4.91. The van der Waals surface area contributed by atoms with Crippen LogP contribution in [0.2, 0.25) is 0 Å². The first kappa shape index (κ1) is 14.7. The zero-order valence-electron chi connectivity index (χ0n) is 12.0. The molecule has 0 fully saturated rings. The highest BCUT2D eigenvalue weighted by molar-refractivity contribution is 5.74. The largest absolute Gasteiger partial charge is 0.382 e. The smallest absolute Gasteiger partial charge is 0.217 e. The predicted molar refractivity (Wildman–Crippen MR) is 73.6 cm³/mol. The molecule has 18 heavy (non-hydrogen) atoms. The van der Waals surface area contributed by atoms with Gasteiger partial charge in [0.2, 0.25) is 5.91 Å². The molecule has 3 heteroatoms. The highest BCUT2D eigenvalue weighted by atomic mass is 16.5. The van der Waals surface area contributed by atoms with Gasteiger partial charge in [-0.1, -0.05) is 25.1 Å². The van der Waals surface area contributed by atoms with E-state index in [0.29, 0.717) is 6.61 Å². The van der Waals surface area contributed by atoms with E-state index in [9.17, 15) is 4.79 Å². The quantitative estimate of drug-likeness (QED) is 0.871. The first-order chi connectivity index (χ1) is 8.44. The van der Waals surface area contributed by atoms with Gasteiger partial charge in [-0.15, -0.1) is 0 Å². The lowest BCUT2D eigenvalue weighted by molar-refractivity contribution is -0.121. The number of rotatable bonds is 5. The third-order valence-electron chi connectivity index (χ3n) is 3.18. The Morgan fingerprint density at radius 3 is 2.61 bits per heavy atom. The second-order valence-electron chi connectivity index (χ2n) is 4.91. The summed E-state index contributed by atoms with van der Waals surface area (Å²) in [6.07, 6.45) is 0.940. The topological polar surface area (TPSA) is 38.3 Å². The molecule has 1 N–H and O–H groups in total. The Hall–Kier alpha value is -1.35. The van der Waals surface area contributed by atoms with E-state index in [1.807, 2.05) is 6.92 Å². The molecule has 0 aliphatic carbocycles. The fourth-order valence-electron chi connectivity index (χ4n) is 2.66. The van der Waals surface area contributed by atoms with Crippen molar-refractivity contribution in [3.8, 4) is 0 Å². The van der Waals surface area contributed by atoms with Crippen LogP contribution in [-0.4, -0.2) is 19.6 Å². The molecule has 1 amide bonds. The van der Waals surface area contributed by atoms with Crippen molar-refractivity contribution in [2.45, 2.75) is 39.7 Å². The van der Waals surface area contributed by atoms with E-state index in [1.54, 1.807) is 7.11 Å². The highest BCUT2D eigenvalue weighted by Crippen LogP contribution is 2.28. The number of aryl methyl sites for hydroxylation is 2. The van der Waals surface area contributed by atoms with Gasteiger partial charge in [-0.25, -0.2) is 0 Å². The minimum Gasteiger partial charge on any atom is -0.382 e. The van der Waals surface area contributed by atoms with E-state index in [-0.39, 0.29) is 5.91 Å². The number of benzene rings is 1. The number of ether oxygens (including phenoxy) is 1. The Morgan fingerprint density at radius 2 is 2.11 bits per heavy atom. The van der Waals surface area contributed by atoms with Gasteiger partial charge in [-0.3, -0.25) is 4.79 Å². The molecule has 100 valence electrons. The minimum absolute atomic E-state index is 0.0418. The van der Waals surface area contributed by atoms with Crippen LogP contribution in [0.15, 0.2) is 18.2 Å². The molecular weight excluding hydrogens is 226 g/mol. The van der Waals surface area contributed by atoms with E-state index in [1.165, 1.54) is 23.6 Å². The molecule has 0 heterocycles. The van der Waals surface area contributed by atoms with Crippen molar-refractivity contribution in [2.24, 2.45) is 0 Å². The first-order valence-electron chi connectivity index (χ1n) is 6.31. The van der Waals surface area contributed by atoms with Gasteiger partial charge in [0, 0.05) is 14.0 Å². The van der Waals surface area contributed by atoms with E-state index in [0.717, 1.165) is 6.42 Å². The molecule has 1 aromatic rings. The predicted octanol–water partition coefficient (Wildman–Crippen LogP) is 2.56. The Bertz CT molecular complexity index is 429. The fraction of sp³-hybridized carbons (Fsp3) is 0.533. The fourth-order valence-corrected chi connectivity index (χ4v) is 2.66. The van der Waals surface area contributed by atoms with Crippen molar-refractivity contribution in [3.05, 3.63) is 34.9 Å². The summed E-state index contributed by atoms with van der Waals surface area (Å²) in [5, 5.41) is 3.03. The average Bonchev–Trinajstić information content (AvgIpc) is 2.27. The van der Waals surface area contributed by atoms with Gasteiger partial charge in [-0.2, -0.15) is 0 Å². The Morgan fingerprint density at radius 1 is 1.44 bits per heavy atom. The van der Waals surface area contributed by atoms with Gasteiger partial charge in [0.1, 0.15) is 0 Å². The van der Waals surface area contributed by atoms with E-state index in [2.05, 4.69) is 37.4 Å². The van der Waals surface area contributed by atoms with Gasteiger partial charge in [-0.05, 0) is 37.0 Å². The number of methoxy groups -OCH3 is 1. The summed E-state index contributed by atoms with van der Waals surface area (Å²) in [5.74, 6) is -0.0418. The highest BCUT2D eigenvalue weighted by Gasteiger charge is 2.31. The molecule has 1 unspecified atom stereocenters. The summed E-state index contributed by atoms with van der Waals surface area (Å²) < 4.78 is 5.30. The standard InChI is InChI=1S/C15H23NO2/c1-6-13-9-7-8-11(2)14(13)15(4,10-18-5)16-12(3)17/h7-9H,6,10H2,1-5H3,(H,16,17). The van der Waals surface area contributed by atoms with Crippen LogP contribution in [0.25, 0.3) is 0 Å². The number of nitrogens with one attached hydrogen (secondary N) is 1. The number of carbonyl (C=O) groups is 1. The molecule has 0 aromatic heterocycles. The van der Waals surface area contributed by atoms with Gasteiger partial charge < -0.3 is 10.1 Å². The first-order valence-corrected chi connectivity index (χ1v) is 6.31. The van der Waals surface area contributed by atoms with Crippen molar-refractivity contribution in [3.63, 3.8) is 0 Å². The Kier molecular flexibility index (Phi) is 4.91. The van der Waals surface area contributed by atoms with Crippen LogP contribution in [0.3, 0.4) is 0 Å². The van der Waals surface area contributed by atoms with Crippen molar-refractivity contribution in [1.82, 2.24) is 5.32 Å². The van der Waals surface area contributed by atoms with Crippen molar-refractivity contribution < 1.29 is 9.53 Å². The number of carbonyl (C=O) groups excluding carboxylic acids is 1. The molecule has 3 nitrogen and oxygen atoms in total. The van der Waals surface area contributed by atoms with Gasteiger partial charge >= 0.3 is 0 Å². The lowest BCUT2D eigenvalue weighted by atomic mass is 9.84. The lowest BCUT2D eigenvalue weighted by Crippen LogP contribution is -2.47. The van der Waals surface area contributed by atoms with E-state index < -0.39 is 5.54 Å². The Balaban J connectivity index is 3.32. The van der Waals surface area contributed by atoms with Crippen LogP contribution >= 0.6 is 0 Å². The zero-order valence-corrected chi connectivity index (χ0v) is 12.0. The maximum atomic E-state index is 11.5. The molecule has 0 saturated heterocycles. The normalized spacial score (nSPS) is 14.1. The summed E-state index contributed by atoms with van der Waals surface area (Å²) in [6, 6.07) is 6.24. The number of amides is 1. The number of hydrogen-bond donors (Lipinski definition) is 1. The van der Waals surface area contributed by atoms with Gasteiger partial charge in [0.15, 0.2) is 0 Å². The third-order valence-corrected chi connectivity index (χ3v) is 3.18. The molecule has 0 spiro atoms. The van der Waals surface area contributed by atoms with Crippen LogP contribution in [0, 0.1) is 6.92 Å². The molecule has 0 bridgehead atoms. The molecule has 0 saturated carbocycles. The lowest BCUT2D eigenvalue weighted by Gasteiger charge is -2.33. The molecule has 1 aromatic carbocycles. The molecule has 0 aliphatic rings. The van der Waals surface area contributed by atoms with Crippen molar-refractivity contribution >= 4 is 5.91 Å². The average molecular weight is 249 g/mol. The SMILES string of the molecule is CCc1cccc(C)c1C(C)(COC)NC(C)=O. The van der Waals surface area contributed by atoms with Crippen LogP contribution in [0.4, 0.5) is 0 Å². The second kappa shape index (κ2) is 6.01. The van der Waals surface area contributed by atoms with E-state index in [4.69, 9.17) is 4.74 Å². The molecule has 1 rings (SSSR count). The maximum absolute atomic E-state index is 11.5. The summed E-state index contributed by atoms with van der Waals surface area (Å²) in [4.78, 5) is 11.5. The summed E-state index contributed by atoms with van der Waals surface area (Å²) in [6.45, 7) is 8.21. The third kappa shape index (κ3) is 3.10. The zero-order chi connectivity index (χ0) is 13.8. The van der Waals surface area contributed by atoms with Crippen LogP contribution in [0.1, 0.15) is 37.5 Å². The summed E-state index contributed by atoms with van der Waals surface area (Å²) in [5.41, 5.74) is 3.13. The molecule has 1 atom stereocenters. The van der Waals surface area contributed by atoms with Crippen LogP contribution in [-0.2, 0) is 21.5 Å². The maximum Gasteiger partial charge on any atom is 0.217 e. The minimum atomic E-state index is -0.475. The monoisotopic (exact) mass is 249 g/mol. The molecule has 0 aliphatic heterocycles. The van der Waals surface area contributed by atoms with Gasteiger partial charge in [0.05, 0.1) is 12.1 Å². The summed E-state index contributed by atoms with van der Waals surface area (Å²) in [7, 11) is 1.66. The summed E-state index contributed by atoms with van der Waals surface area (Å²) >= 11 is 0. The van der Waals surface area contributed by atoms with Crippen molar-refractivity contribution in [2.75, 3.05) is 13.7 Å². The van der Waals surface area contributed by atoms with E-state index >= 15 is 0 Å². The Labute approximate surface area is 110 Å².